The van der Waals surface area contributed by atoms with E-state index in [1.165, 1.54) is 19.1 Å². The summed E-state index contributed by atoms with van der Waals surface area (Å²) >= 11 is 0.403. The summed E-state index contributed by atoms with van der Waals surface area (Å²) in [6, 6.07) is -1.02. The van der Waals surface area contributed by atoms with E-state index in [9.17, 15) is 23.9 Å². The summed E-state index contributed by atoms with van der Waals surface area (Å²) in [6.45, 7) is 6.69. The molecule has 35 heavy (non-hydrogen) atoms. The number of carbonyl (C=O) groups is 3. The van der Waals surface area contributed by atoms with Crippen LogP contribution < -0.4 is 0 Å². The van der Waals surface area contributed by atoms with Crippen LogP contribution in [0.2, 0.25) is 0 Å². The summed E-state index contributed by atoms with van der Waals surface area (Å²) in [5.41, 5.74) is -6.84. The van der Waals surface area contributed by atoms with Crippen molar-refractivity contribution in [3.05, 3.63) is 23.8 Å². The van der Waals surface area contributed by atoms with E-state index >= 15 is 8.78 Å². The van der Waals surface area contributed by atoms with Crippen molar-refractivity contribution in [1.29, 1.82) is 0 Å². The van der Waals surface area contributed by atoms with E-state index in [4.69, 9.17) is 4.74 Å². The number of ketones is 1. The second kappa shape index (κ2) is 8.75. The van der Waals surface area contributed by atoms with Crippen LogP contribution in [-0.2, 0) is 19.1 Å². The van der Waals surface area contributed by atoms with Crippen molar-refractivity contribution in [2.24, 2.45) is 28.6 Å². The highest BCUT2D eigenvalue weighted by Gasteiger charge is 2.78. The van der Waals surface area contributed by atoms with Crippen molar-refractivity contribution in [1.82, 2.24) is 0 Å². The Morgan fingerprint density at radius 1 is 1.26 bits per heavy atom. The van der Waals surface area contributed by atoms with Gasteiger partial charge in [-0.05, 0) is 68.0 Å². The first kappa shape index (κ1) is 26.5. The van der Waals surface area contributed by atoms with Gasteiger partial charge in [0, 0.05) is 29.1 Å². The number of aliphatic hydroxyl groups excluding tert-OH is 1. The van der Waals surface area contributed by atoms with Gasteiger partial charge < -0.3 is 9.84 Å². The van der Waals surface area contributed by atoms with Crippen LogP contribution in [0.25, 0.3) is 0 Å². The number of rotatable bonds is 5. The number of hydrogen-bond acceptors (Lipinski definition) is 6. The van der Waals surface area contributed by atoms with E-state index in [-0.39, 0.29) is 31.3 Å². The fourth-order valence-corrected chi connectivity index (χ4v) is 8.60. The predicted octanol–water partition coefficient (Wildman–Crippen LogP) is 4.82. The molecule has 0 amide bonds. The van der Waals surface area contributed by atoms with Crippen LogP contribution in [0.3, 0.4) is 0 Å². The quantitative estimate of drug-likeness (QED) is 0.530. The number of allylic oxidation sites excluding steroid dienone is 4. The SMILES string of the molecule is CCCC(=O)O[C@]1(C(=O)SCF)[C@H](C)CC2C3C[C@H](F)C4=CC(=O)C=C[C@]4(C)[C@@]3(F)[C@@H](O)C[C@@]21C. The molecule has 0 bridgehead atoms. The minimum Gasteiger partial charge on any atom is -0.449 e. The summed E-state index contributed by atoms with van der Waals surface area (Å²) in [4.78, 5) is 38.1. The van der Waals surface area contributed by atoms with Crippen molar-refractivity contribution in [2.45, 2.75) is 83.3 Å². The highest BCUT2D eigenvalue weighted by molar-refractivity contribution is 8.13. The molecule has 5 nitrogen and oxygen atoms in total. The second-order valence-electron chi connectivity index (χ2n) is 11.0. The van der Waals surface area contributed by atoms with Crippen molar-refractivity contribution in [3.63, 3.8) is 0 Å². The van der Waals surface area contributed by atoms with Gasteiger partial charge in [-0.1, -0.05) is 26.8 Å². The number of alkyl halides is 3. The Labute approximate surface area is 207 Å². The Morgan fingerprint density at radius 2 is 1.94 bits per heavy atom. The van der Waals surface area contributed by atoms with Crippen LogP contribution >= 0.6 is 11.8 Å². The van der Waals surface area contributed by atoms with Gasteiger partial charge in [0.05, 0.1) is 6.10 Å². The Morgan fingerprint density at radius 3 is 2.57 bits per heavy atom. The number of halogens is 3. The molecule has 1 N–H and O–H groups in total. The van der Waals surface area contributed by atoms with E-state index in [1.54, 1.807) is 20.8 Å². The standard InChI is InChI=1S/C26H33F3O5S/c1-5-6-21(32)34-26(22(33)35-13-27)14(2)9-16-17-11-19(28)18-10-15(30)7-8-23(18,3)25(17,29)20(31)12-24(16,26)4/h7-8,10,14,16-17,19-20,31H,5-6,9,11-13H2,1-4H3/t14-,16?,17?,19+,20+,23+,24+,25+,26+/m1/s1. The average Bonchev–Trinajstić information content (AvgIpc) is 2.99. The summed E-state index contributed by atoms with van der Waals surface area (Å²) in [6.07, 6.45) is 0.726. The van der Waals surface area contributed by atoms with Gasteiger partial charge in [-0.3, -0.25) is 14.4 Å². The van der Waals surface area contributed by atoms with E-state index in [0.717, 1.165) is 6.08 Å². The Balaban J connectivity index is 1.86. The summed E-state index contributed by atoms with van der Waals surface area (Å²) in [5, 5.41) is 10.8. The van der Waals surface area contributed by atoms with Gasteiger partial charge in [0.1, 0.15) is 12.2 Å². The van der Waals surface area contributed by atoms with Gasteiger partial charge in [0.2, 0.25) is 5.12 Å². The maximum absolute atomic E-state index is 17.3. The minimum atomic E-state index is -2.30. The Bertz CT molecular complexity index is 999. The number of esters is 1. The molecule has 3 saturated carbocycles. The number of thioether (sulfide) groups is 1. The maximum Gasteiger partial charge on any atom is 0.306 e. The molecule has 4 aliphatic carbocycles. The average molecular weight is 515 g/mol. The molecule has 0 spiro atoms. The molecule has 0 saturated heterocycles. The molecule has 0 aromatic carbocycles. The zero-order valence-corrected chi connectivity index (χ0v) is 21.3. The lowest BCUT2D eigenvalue weighted by molar-refractivity contribution is -0.228. The molecule has 9 atom stereocenters. The minimum absolute atomic E-state index is 0.0159. The van der Waals surface area contributed by atoms with Crippen molar-refractivity contribution >= 4 is 28.6 Å². The van der Waals surface area contributed by atoms with Gasteiger partial charge in [-0.2, -0.15) is 0 Å². The van der Waals surface area contributed by atoms with Crippen LogP contribution in [0.1, 0.15) is 59.8 Å². The summed E-state index contributed by atoms with van der Waals surface area (Å²) in [5.74, 6) is -3.26. The van der Waals surface area contributed by atoms with Crippen LogP contribution in [-0.4, -0.2) is 51.5 Å². The van der Waals surface area contributed by atoms with Gasteiger partial charge in [0.25, 0.3) is 0 Å². The number of fused-ring (bicyclic) bond motifs is 5. The van der Waals surface area contributed by atoms with E-state index in [2.05, 4.69) is 0 Å². The normalized spacial score (nSPS) is 46.3. The lowest BCUT2D eigenvalue weighted by Gasteiger charge is -2.63. The Hall–Kier alpha value is -1.61. The van der Waals surface area contributed by atoms with Crippen molar-refractivity contribution < 1.29 is 37.4 Å². The summed E-state index contributed by atoms with van der Waals surface area (Å²) < 4.78 is 52.1. The molecule has 9 heteroatoms. The first-order valence-corrected chi connectivity index (χ1v) is 13.2. The maximum atomic E-state index is 17.3. The first-order valence-electron chi connectivity index (χ1n) is 12.2. The van der Waals surface area contributed by atoms with Crippen LogP contribution in [0.15, 0.2) is 23.8 Å². The van der Waals surface area contributed by atoms with Gasteiger partial charge in [-0.25, -0.2) is 13.2 Å². The molecule has 4 rings (SSSR count). The topological polar surface area (TPSA) is 80.7 Å². The predicted molar refractivity (Wildman–Crippen MR) is 125 cm³/mol. The zero-order chi connectivity index (χ0) is 26.0. The molecule has 0 radical (unpaired) electrons. The highest BCUT2D eigenvalue weighted by atomic mass is 32.2. The monoisotopic (exact) mass is 514 g/mol. The van der Waals surface area contributed by atoms with Crippen LogP contribution in [0.4, 0.5) is 13.2 Å². The third kappa shape index (κ3) is 3.36. The molecular formula is C26H33F3O5S. The molecule has 194 valence electrons. The largest absolute Gasteiger partial charge is 0.449 e. The molecule has 0 aliphatic heterocycles. The lowest BCUT2D eigenvalue weighted by atomic mass is 9.44. The second-order valence-corrected chi connectivity index (χ2v) is 11.9. The van der Waals surface area contributed by atoms with Gasteiger partial charge in [-0.15, -0.1) is 0 Å². The molecular weight excluding hydrogens is 481 g/mol. The number of aliphatic hydroxyl groups is 1. The highest BCUT2D eigenvalue weighted by Crippen LogP contribution is 2.72. The van der Waals surface area contributed by atoms with Gasteiger partial charge >= 0.3 is 5.97 Å². The molecule has 0 heterocycles. The van der Waals surface area contributed by atoms with Crippen LogP contribution in [0, 0.1) is 28.6 Å². The molecule has 3 fully saturated rings. The summed E-state index contributed by atoms with van der Waals surface area (Å²) in [7, 11) is 0. The third-order valence-corrected chi connectivity index (χ3v) is 10.1. The third-order valence-electron chi connectivity index (χ3n) is 9.39. The fourth-order valence-electron chi connectivity index (χ4n) is 7.81. The fraction of sp³-hybridized carbons (Fsp3) is 0.731. The zero-order valence-electron chi connectivity index (χ0n) is 20.5. The smallest absolute Gasteiger partial charge is 0.306 e. The molecule has 4 aliphatic rings. The molecule has 0 aromatic rings. The van der Waals surface area contributed by atoms with Crippen LogP contribution in [0.5, 0.6) is 0 Å². The Kier molecular flexibility index (Phi) is 6.61. The number of ether oxygens (including phenoxy) is 1. The van der Waals surface area contributed by atoms with E-state index in [0.29, 0.717) is 18.2 Å². The number of carbonyl (C=O) groups excluding carboxylic acids is 3. The first-order chi connectivity index (χ1) is 16.3. The molecule has 0 aromatic heterocycles. The number of hydrogen-bond donors (Lipinski definition) is 1. The van der Waals surface area contributed by atoms with E-state index in [1.807, 2.05) is 0 Å². The lowest BCUT2D eigenvalue weighted by Crippen LogP contribution is -2.70. The van der Waals surface area contributed by atoms with Crippen molar-refractivity contribution in [2.75, 3.05) is 6.01 Å². The van der Waals surface area contributed by atoms with Gasteiger partial charge in [0.15, 0.2) is 17.1 Å². The van der Waals surface area contributed by atoms with E-state index < -0.39 is 75.0 Å². The van der Waals surface area contributed by atoms with Crippen molar-refractivity contribution in [3.8, 4) is 0 Å². The molecule has 2 unspecified atom stereocenters.